The average molecular weight is 425 g/mol. The Morgan fingerprint density at radius 3 is 2.72 bits per heavy atom. The SMILES string of the molecule is CN=C(N=CN)c1ccc2[nH]nc(-c3cccc(NC(=O)CCc4ccccc4)c3)c2c1. The van der Waals surface area contributed by atoms with Crippen LogP contribution < -0.4 is 11.1 Å². The maximum absolute atomic E-state index is 12.4. The van der Waals surface area contributed by atoms with E-state index in [-0.39, 0.29) is 5.91 Å². The molecule has 0 radical (unpaired) electrons. The first-order chi connectivity index (χ1) is 15.7. The molecule has 32 heavy (non-hydrogen) atoms. The second-order valence-electron chi connectivity index (χ2n) is 7.27. The van der Waals surface area contributed by atoms with Gasteiger partial charge in [-0.15, -0.1) is 0 Å². The number of fused-ring (bicyclic) bond motifs is 1. The van der Waals surface area contributed by atoms with E-state index >= 15 is 0 Å². The number of hydrogen-bond donors (Lipinski definition) is 3. The smallest absolute Gasteiger partial charge is 0.224 e. The van der Waals surface area contributed by atoms with Crippen LogP contribution in [0.15, 0.2) is 82.8 Å². The van der Waals surface area contributed by atoms with Crippen molar-refractivity contribution in [2.75, 3.05) is 12.4 Å². The van der Waals surface area contributed by atoms with Gasteiger partial charge in [-0.1, -0.05) is 42.5 Å². The number of nitrogens with zero attached hydrogens (tertiary/aromatic N) is 3. The van der Waals surface area contributed by atoms with Crippen LogP contribution in [0.5, 0.6) is 0 Å². The molecular weight excluding hydrogens is 400 g/mol. The lowest BCUT2D eigenvalue weighted by Gasteiger charge is -2.07. The van der Waals surface area contributed by atoms with Crippen LogP contribution in [0.2, 0.25) is 0 Å². The van der Waals surface area contributed by atoms with Gasteiger partial charge in [-0.05, 0) is 42.3 Å². The van der Waals surface area contributed by atoms with Crippen LogP contribution >= 0.6 is 0 Å². The zero-order valence-electron chi connectivity index (χ0n) is 17.7. The van der Waals surface area contributed by atoms with E-state index in [9.17, 15) is 4.79 Å². The van der Waals surface area contributed by atoms with Gasteiger partial charge in [0.05, 0.1) is 17.5 Å². The summed E-state index contributed by atoms with van der Waals surface area (Å²) in [6, 6.07) is 23.5. The lowest BCUT2D eigenvalue weighted by atomic mass is 10.0. The quantitative estimate of drug-likeness (QED) is 0.319. The number of aromatic nitrogens is 2. The molecule has 7 nitrogen and oxygen atoms in total. The van der Waals surface area contributed by atoms with E-state index in [4.69, 9.17) is 5.73 Å². The lowest BCUT2D eigenvalue weighted by molar-refractivity contribution is -0.116. The summed E-state index contributed by atoms with van der Waals surface area (Å²) in [4.78, 5) is 20.7. The van der Waals surface area contributed by atoms with Crippen LogP contribution in [0, 0.1) is 0 Å². The highest BCUT2D eigenvalue weighted by molar-refractivity contribution is 6.06. The second-order valence-corrected chi connectivity index (χ2v) is 7.27. The van der Waals surface area contributed by atoms with E-state index in [1.165, 1.54) is 6.34 Å². The van der Waals surface area contributed by atoms with Gasteiger partial charge in [0.1, 0.15) is 0 Å². The largest absolute Gasteiger partial charge is 0.390 e. The maximum Gasteiger partial charge on any atom is 0.224 e. The molecule has 0 spiro atoms. The average Bonchev–Trinajstić information content (AvgIpc) is 3.25. The third kappa shape index (κ3) is 4.73. The molecule has 0 aliphatic rings. The molecule has 1 heterocycles. The molecule has 0 atom stereocenters. The number of H-pyrrole nitrogens is 1. The van der Waals surface area contributed by atoms with Crippen molar-refractivity contribution in [3.63, 3.8) is 0 Å². The molecular formula is C25H24N6O. The fraction of sp³-hybridized carbons (Fsp3) is 0.120. The van der Waals surface area contributed by atoms with Gasteiger partial charge < -0.3 is 11.1 Å². The number of aryl methyl sites for hydroxylation is 1. The second kappa shape index (κ2) is 9.70. The molecule has 0 unspecified atom stereocenters. The predicted octanol–water partition coefficient (Wildman–Crippen LogP) is 4.16. The van der Waals surface area contributed by atoms with Crippen molar-refractivity contribution in [3.8, 4) is 11.3 Å². The Hall–Kier alpha value is -4.26. The molecule has 0 saturated heterocycles. The lowest BCUT2D eigenvalue weighted by Crippen LogP contribution is -2.12. The van der Waals surface area contributed by atoms with Crippen molar-refractivity contribution in [2.45, 2.75) is 12.8 Å². The van der Waals surface area contributed by atoms with Gasteiger partial charge in [0, 0.05) is 35.7 Å². The van der Waals surface area contributed by atoms with Crippen LogP contribution in [-0.2, 0) is 11.2 Å². The first kappa shape index (κ1) is 21.0. The fourth-order valence-electron chi connectivity index (χ4n) is 3.58. The van der Waals surface area contributed by atoms with Crippen molar-refractivity contribution in [3.05, 3.63) is 83.9 Å². The van der Waals surface area contributed by atoms with Crippen LogP contribution in [0.3, 0.4) is 0 Å². The van der Waals surface area contributed by atoms with E-state index in [0.29, 0.717) is 18.7 Å². The number of aliphatic imine (C=N–C) groups is 2. The van der Waals surface area contributed by atoms with Crippen LogP contribution in [0.1, 0.15) is 17.5 Å². The molecule has 0 bridgehead atoms. The summed E-state index contributed by atoms with van der Waals surface area (Å²) in [7, 11) is 1.67. The Morgan fingerprint density at radius 2 is 1.94 bits per heavy atom. The Labute approximate surface area is 186 Å². The van der Waals surface area contributed by atoms with Crippen LogP contribution in [-0.4, -0.2) is 35.3 Å². The number of aromatic amines is 1. The summed E-state index contributed by atoms with van der Waals surface area (Å²) in [5, 5.41) is 11.5. The maximum atomic E-state index is 12.4. The van der Waals surface area contributed by atoms with Gasteiger partial charge in [0.25, 0.3) is 0 Å². The topological polar surface area (TPSA) is 109 Å². The molecule has 0 aliphatic heterocycles. The van der Waals surface area contributed by atoms with E-state index in [0.717, 1.165) is 39.0 Å². The first-order valence-corrected chi connectivity index (χ1v) is 10.3. The molecule has 3 aromatic carbocycles. The molecule has 1 aromatic heterocycles. The molecule has 160 valence electrons. The number of benzene rings is 3. The highest BCUT2D eigenvalue weighted by Gasteiger charge is 2.12. The summed E-state index contributed by atoms with van der Waals surface area (Å²) >= 11 is 0. The third-order valence-electron chi connectivity index (χ3n) is 5.13. The van der Waals surface area contributed by atoms with Crippen LogP contribution in [0.4, 0.5) is 5.69 Å². The number of rotatable bonds is 6. The Morgan fingerprint density at radius 1 is 1.09 bits per heavy atom. The minimum Gasteiger partial charge on any atom is -0.390 e. The number of nitrogens with one attached hydrogen (secondary N) is 2. The molecule has 7 heteroatoms. The van der Waals surface area contributed by atoms with E-state index in [2.05, 4.69) is 25.5 Å². The third-order valence-corrected chi connectivity index (χ3v) is 5.13. The summed E-state index contributed by atoms with van der Waals surface area (Å²) in [5.41, 5.74) is 10.7. The molecule has 0 saturated carbocycles. The Kier molecular flexibility index (Phi) is 6.36. The number of amidine groups is 1. The van der Waals surface area contributed by atoms with E-state index in [1.54, 1.807) is 7.05 Å². The minimum absolute atomic E-state index is 0.0244. The normalized spacial score (nSPS) is 11.8. The molecule has 4 N–H and O–H groups in total. The minimum atomic E-state index is -0.0244. The Bertz CT molecular complexity index is 1290. The van der Waals surface area contributed by atoms with Crippen molar-refractivity contribution in [1.82, 2.24) is 10.2 Å². The van der Waals surface area contributed by atoms with Gasteiger partial charge >= 0.3 is 0 Å². The van der Waals surface area contributed by atoms with Crippen molar-refractivity contribution in [2.24, 2.45) is 15.7 Å². The van der Waals surface area contributed by atoms with Gasteiger partial charge in [-0.25, -0.2) is 4.99 Å². The molecule has 4 aromatic rings. The molecule has 0 fully saturated rings. The highest BCUT2D eigenvalue weighted by atomic mass is 16.1. The van der Waals surface area contributed by atoms with Gasteiger partial charge in [0.15, 0.2) is 5.84 Å². The van der Waals surface area contributed by atoms with E-state index < -0.39 is 0 Å². The zero-order chi connectivity index (χ0) is 22.3. The number of anilines is 1. The molecule has 1 amide bonds. The monoisotopic (exact) mass is 424 g/mol. The fourth-order valence-corrected chi connectivity index (χ4v) is 3.58. The summed E-state index contributed by atoms with van der Waals surface area (Å²) in [5.74, 6) is 0.518. The molecule has 0 aliphatic carbocycles. The summed E-state index contributed by atoms with van der Waals surface area (Å²) < 4.78 is 0. The van der Waals surface area contributed by atoms with Crippen molar-refractivity contribution < 1.29 is 4.79 Å². The van der Waals surface area contributed by atoms with Crippen molar-refractivity contribution >= 4 is 34.7 Å². The number of carbonyl (C=O) groups excluding carboxylic acids is 1. The van der Waals surface area contributed by atoms with E-state index in [1.807, 2.05) is 72.8 Å². The summed E-state index contributed by atoms with van der Waals surface area (Å²) in [6.45, 7) is 0. The molecule has 4 rings (SSSR count). The first-order valence-electron chi connectivity index (χ1n) is 10.3. The predicted molar refractivity (Wildman–Crippen MR) is 130 cm³/mol. The zero-order valence-corrected chi connectivity index (χ0v) is 17.7. The highest BCUT2D eigenvalue weighted by Crippen LogP contribution is 2.29. The summed E-state index contributed by atoms with van der Waals surface area (Å²) in [6.07, 6.45) is 2.35. The number of nitrogens with two attached hydrogens (primary N) is 1. The standard InChI is InChI=1S/C25H24N6O/c1-27-25(28-16-26)19-11-12-22-21(15-19)24(31-30-22)18-8-5-9-20(14-18)29-23(32)13-10-17-6-3-2-4-7-17/h2-9,11-12,14-16H,10,13H2,1H3,(H,29,32)(H,30,31)(H2,26,27,28). The van der Waals surface area contributed by atoms with Gasteiger partial charge in [-0.2, -0.15) is 5.10 Å². The van der Waals surface area contributed by atoms with Crippen LogP contribution in [0.25, 0.3) is 22.2 Å². The van der Waals surface area contributed by atoms with Gasteiger partial charge in [0.2, 0.25) is 5.91 Å². The Balaban J connectivity index is 1.55. The van der Waals surface area contributed by atoms with Gasteiger partial charge in [-0.3, -0.25) is 14.9 Å². The number of carbonyl (C=O) groups is 1. The van der Waals surface area contributed by atoms with Crippen molar-refractivity contribution in [1.29, 1.82) is 0 Å². The number of hydrogen-bond acceptors (Lipinski definition) is 3. The number of amides is 1.